The van der Waals surface area contributed by atoms with E-state index in [1.54, 1.807) is 18.2 Å². The average molecular weight is 379 g/mol. The Balaban J connectivity index is 2.62. The standard InChI is InChI=1S/C14H17BrClNO4/c1-3-6-17(8-14(19)20-2)13(18)9-21-12-5-4-10(15)7-11(12)16/h4-5,7H,3,6,8-9H2,1-2H3. The molecule has 7 heteroatoms. The zero-order valence-corrected chi connectivity index (χ0v) is 14.2. The van der Waals surface area contributed by atoms with Gasteiger partial charge in [-0.3, -0.25) is 9.59 Å². The summed E-state index contributed by atoms with van der Waals surface area (Å²) in [6.07, 6.45) is 0.738. The minimum atomic E-state index is -0.460. The maximum absolute atomic E-state index is 12.1. The van der Waals surface area contributed by atoms with E-state index in [0.717, 1.165) is 10.9 Å². The molecule has 0 heterocycles. The van der Waals surface area contributed by atoms with Gasteiger partial charge in [0, 0.05) is 11.0 Å². The second-order valence-corrected chi connectivity index (χ2v) is 5.58. The largest absolute Gasteiger partial charge is 0.482 e. The van der Waals surface area contributed by atoms with E-state index in [1.807, 2.05) is 6.92 Å². The van der Waals surface area contributed by atoms with Crippen LogP contribution in [-0.4, -0.2) is 43.6 Å². The first-order valence-electron chi connectivity index (χ1n) is 6.40. The molecule has 0 atom stereocenters. The predicted octanol–water partition coefficient (Wildman–Crippen LogP) is 2.89. The molecule has 5 nitrogen and oxygen atoms in total. The molecule has 0 radical (unpaired) electrons. The summed E-state index contributed by atoms with van der Waals surface area (Å²) in [5.74, 6) is -0.331. The van der Waals surface area contributed by atoms with Crippen LogP contribution in [0.15, 0.2) is 22.7 Å². The van der Waals surface area contributed by atoms with E-state index in [2.05, 4.69) is 20.7 Å². The highest BCUT2D eigenvalue weighted by Gasteiger charge is 2.17. The van der Waals surface area contributed by atoms with Crippen molar-refractivity contribution in [2.45, 2.75) is 13.3 Å². The molecule has 0 saturated heterocycles. The van der Waals surface area contributed by atoms with Crippen LogP contribution in [0.25, 0.3) is 0 Å². The zero-order valence-electron chi connectivity index (χ0n) is 11.9. The monoisotopic (exact) mass is 377 g/mol. The van der Waals surface area contributed by atoms with Crippen LogP contribution in [0.4, 0.5) is 0 Å². The van der Waals surface area contributed by atoms with Crippen LogP contribution in [0.2, 0.25) is 5.02 Å². The molecule has 116 valence electrons. The number of carbonyl (C=O) groups excluding carboxylic acids is 2. The Bertz CT molecular complexity index is 510. The Hall–Kier alpha value is -1.27. The molecule has 0 fully saturated rings. The van der Waals surface area contributed by atoms with Gasteiger partial charge in [0.05, 0.1) is 12.1 Å². The zero-order chi connectivity index (χ0) is 15.8. The van der Waals surface area contributed by atoms with Crippen molar-refractivity contribution in [2.24, 2.45) is 0 Å². The number of nitrogens with zero attached hydrogens (tertiary/aromatic N) is 1. The molecule has 0 saturated carbocycles. The van der Waals surface area contributed by atoms with E-state index in [0.29, 0.717) is 17.3 Å². The molecule has 21 heavy (non-hydrogen) atoms. The lowest BCUT2D eigenvalue weighted by Crippen LogP contribution is -2.39. The average Bonchev–Trinajstić information content (AvgIpc) is 2.45. The lowest BCUT2D eigenvalue weighted by molar-refractivity contribution is -0.147. The van der Waals surface area contributed by atoms with Gasteiger partial charge in [-0.05, 0) is 24.6 Å². The maximum atomic E-state index is 12.1. The Morgan fingerprint density at radius 3 is 2.67 bits per heavy atom. The van der Waals surface area contributed by atoms with Crippen molar-refractivity contribution in [2.75, 3.05) is 26.8 Å². The summed E-state index contributed by atoms with van der Waals surface area (Å²) in [6.45, 7) is 2.12. The van der Waals surface area contributed by atoms with Crippen molar-refractivity contribution in [3.05, 3.63) is 27.7 Å². The van der Waals surface area contributed by atoms with Crippen molar-refractivity contribution >= 4 is 39.4 Å². The van der Waals surface area contributed by atoms with Gasteiger partial charge in [-0.25, -0.2) is 0 Å². The minimum absolute atomic E-state index is 0.0827. The number of benzene rings is 1. The van der Waals surface area contributed by atoms with Crippen LogP contribution < -0.4 is 4.74 Å². The number of hydrogen-bond acceptors (Lipinski definition) is 4. The van der Waals surface area contributed by atoms with E-state index in [-0.39, 0.29) is 19.1 Å². The van der Waals surface area contributed by atoms with Gasteiger partial charge >= 0.3 is 5.97 Å². The van der Waals surface area contributed by atoms with Crippen LogP contribution in [-0.2, 0) is 14.3 Å². The number of carbonyl (C=O) groups is 2. The van der Waals surface area contributed by atoms with E-state index >= 15 is 0 Å². The van der Waals surface area contributed by atoms with Crippen molar-refractivity contribution in [1.82, 2.24) is 4.90 Å². The second-order valence-electron chi connectivity index (χ2n) is 4.25. The number of halogens is 2. The topological polar surface area (TPSA) is 55.8 Å². The van der Waals surface area contributed by atoms with Gasteiger partial charge < -0.3 is 14.4 Å². The molecular weight excluding hydrogens is 362 g/mol. The SMILES string of the molecule is CCCN(CC(=O)OC)C(=O)COc1ccc(Br)cc1Cl. The highest BCUT2D eigenvalue weighted by Crippen LogP contribution is 2.27. The number of ether oxygens (including phenoxy) is 2. The fraction of sp³-hybridized carbons (Fsp3) is 0.429. The minimum Gasteiger partial charge on any atom is -0.482 e. The molecule has 0 bridgehead atoms. The molecule has 0 aliphatic heterocycles. The van der Waals surface area contributed by atoms with Gasteiger partial charge in [-0.15, -0.1) is 0 Å². The van der Waals surface area contributed by atoms with Crippen LogP contribution in [0, 0.1) is 0 Å². The first kappa shape index (κ1) is 17.8. The van der Waals surface area contributed by atoms with Gasteiger partial charge in [0.2, 0.25) is 0 Å². The van der Waals surface area contributed by atoms with Crippen LogP contribution in [0.1, 0.15) is 13.3 Å². The van der Waals surface area contributed by atoms with Crippen molar-refractivity contribution in [1.29, 1.82) is 0 Å². The molecule has 0 aromatic heterocycles. The molecule has 1 amide bonds. The Morgan fingerprint density at radius 2 is 2.10 bits per heavy atom. The summed E-state index contributed by atoms with van der Waals surface area (Å²) in [6, 6.07) is 5.12. The summed E-state index contributed by atoms with van der Waals surface area (Å²) < 4.78 is 10.8. The Morgan fingerprint density at radius 1 is 1.38 bits per heavy atom. The smallest absolute Gasteiger partial charge is 0.325 e. The summed E-state index contributed by atoms with van der Waals surface area (Å²) in [4.78, 5) is 24.8. The lowest BCUT2D eigenvalue weighted by Gasteiger charge is -2.21. The molecular formula is C14H17BrClNO4. The van der Waals surface area contributed by atoms with Crippen LogP contribution in [0.3, 0.4) is 0 Å². The van der Waals surface area contributed by atoms with Gasteiger partial charge in [0.1, 0.15) is 12.3 Å². The molecule has 0 aliphatic rings. The van der Waals surface area contributed by atoms with Crippen molar-refractivity contribution in [3.8, 4) is 5.75 Å². The molecule has 1 aromatic carbocycles. The highest BCUT2D eigenvalue weighted by molar-refractivity contribution is 9.10. The second kappa shape index (κ2) is 8.89. The van der Waals surface area contributed by atoms with Crippen LogP contribution in [0.5, 0.6) is 5.75 Å². The van der Waals surface area contributed by atoms with E-state index in [4.69, 9.17) is 16.3 Å². The van der Waals surface area contributed by atoms with Crippen molar-refractivity contribution in [3.63, 3.8) is 0 Å². The molecule has 0 unspecified atom stereocenters. The Labute approximate surface area is 137 Å². The fourth-order valence-corrected chi connectivity index (χ4v) is 2.33. The predicted molar refractivity (Wildman–Crippen MR) is 83.5 cm³/mol. The summed E-state index contributed by atoms with van der Waals surface area (Å²) in [5, 5.41) is 0.409. The van der Waals surface area contributed by atoms with Gasteiger partial charge in [0.15, 0.2) is 6.61 Å². The third-order valence-electron chi connectivity index (χ3n) is 2.64. The van der Waals surface area contributed by atoms with E-state index in [1.165, 1.54) is 12.0 Å². The maximum Gasteiger partial charge on any atom is 0.325 e. The summed E-state index contributed by atoms with van der Waals surface area (Å²) >= 11 is 9.30. The number of rotatable bonds is 7. The molecule has 1 aromatic rings. The van der Waals surface area contributed by atoms with Gasteiger partial charge in [-0.1, -0.05) is 34.5 Å². The third-order valence-corrected chi connectivity index (χ3v) is 3.43. The van der Waals surface area contributed by atoms with Crippen LogP contribution >= 0.6 is 27.5 Å². The first-order chi connectivity index (χ1) is 9.97. The normalized spacial score (nSPS) is 10.1. The number of amides is 1. The molecule has 0 spiro atoms. The molecule has 0 aliphatic carbocycles. The lowest BCUT2D eigenvalue weighted by atomic mass is 10.3. The summed E-state index contributed by atoms with van der Waals surface area (Å²) in [5.41, 5.74) is 0. The first-order valence-corrected chi connectivity index (χ1v) is 7.57. The molecule has 0 N–H and O–H groups in total. The van der Waals surface area contributed by atoms with E-state index < -0.39 is 5.97 Å². The van der Waals surface area contributed by atoms with Gasteiger partial charge in [0.25, 0.3) is 5.91 Å². The molecule has 1 rings (SSSR count). The van der Waals surface area contributed by atoms with Gasteiger partial charge in [-0.2, -0.15) is 0 Å². The van der Waals surface area contributed by atoms with E-state index in [9.17, 15) is 9.59 Å². The quantitative estimate of drug-likeness (QED) is 0.685. The Kier molecular flexibility index (Phi) is 7.53. The summed E-state index contributed by atoms with van der Waals surface area (Å²) in [7, 11) is 1.29. The third kappa shape index (κ3) is 5.93. The fourth-order valence-electron chi connectivity index (χ4n) is 1.61. The number of esters is 1. The number of methoxy groups -OCH3 is 1. The van der Waals surface area contributed by atoms with Crippen molar-refractivity contribution < 1.29 is 19.1 Å². The highest BCUT2D eigenvalue weighted by atomic mass is 79.9. The number of hydrogen-bond donors (Lipinski definition) is 0.